The summed E-state index contributed by atoms with van der Waals surface area (Å²) < 4.78 is 26.4. The van der Waals surface area contributed by atoms with E-state index in [4.69, 9.17) is 0 Å². The van der Waals surface area contributed by atoms with E-state index in [-0.39, 0.29) is 23.1 Å². The van der Waals surface area contributed by atoms with Crippen molar-refractivity contribution in [2.24, 2.45) is 5.41 Å². The maximum Gasteiger partial charge on any atom is 0.227 e. The highest BCUT2D eigenvalue weighted by molar-refractivity contribution is 7.89. The van der Waals surface area contributed by atoms with Crippen LogP contribution in [0.25, 0.3) is 0 Å². The molecule has 1 heterocycles. The molecule has 1 N–H and O–H groups in total. The number of carbonyl (C=O) groups is 1. The van der Waals surface area contributed by atoms with E-state index < -0.39 is 10.0 Å². The van der Waals surface area contributed by atoms with Crippen molar-refractivity contribution in [3.8, 4) is 0 Å². The molecule has 1 fully saturated rings. The number of likely N-dealkylation sites (tertiary alicyclic amines) is 1. The molecule has 5 nitrogen and oxygen atoms in total. The molecule has 0 aromatic heterocycles. The molecule has 0 atom stereocenters. The summed E-state index contributed by atoms with van der Waals surface area (Å²) >= 11 is 0. The molecule has 0 aromatic rings. The summed E-state index contributed by atoms with van der Waals surface area (Å²) in [5.41, 5.74) is -0.368. The van der Waals surface area contributed by atoms with E-state index in [1.54, 1.807) is 0 Å². The fourth-order valence-corrected chi connectivity index (χ4v) is 3.85. The summed E-state index contributed by atoms with van der Waals surface area (Å²) in [4.78, 5) is 14.0. The number of sulfonamides is 1. The highest BCUT2D eigenvalue weighted by atomic mass is 32.2. The van der Waals surface area contributed by atoms with Crippen molar-refractivity contribution >= 4 is 15.9 Å². The lowest BCUT2D eigenvalue weighted by Crippen LogP contribution is -2.49. The molecule has 1 aliphatic heterocycles. The second-order valence-corrected chi connectivity index (χ2v) is 8.48. The van der Waals surface area contributed by atoms with E-state index in [0.717, 1.165) is 6.42 Å². The number of piperidine rings is 1. The van der Waals surface area contributed by atoms with Crippen molar-refractivity contribution in [1.29, 1.82) is 0 Å². The number of unbranched alkanes of at least 4 members (excludes halogenated alkanes) is 1. The van der Waals surface area contributed by atoms with Gasteiger partial charge in [-0.05, 0) is 19.3 Å². The number of amides is 1. The van der Waals surface area contributed by atoms with Crippen molar-refractivity contribution in [2.75, 3.05) is 18.8 Å². The predicted molar refractivity (Wildman–Crippen MR) is 80.9 cm³/mol. The van der Waals surface area contributed by atoms with Crippen LogP contribution >= 0.6 is 0 Å². The first-order valence-electron chi connectivity index (χ1n) is 7.45. The molecular formula is C14H28N2O3S. The first-order valence-corrected chi connectivity index (χ1v) is 9.10. The van der Waals surface area contributed by atoms with Gasteiger partial charge in [0.2, 0.25) is 15.9 Å². The largest absolute Gasteiger partial charge is 0.342 e. The summed E-state index contributed by atoms with van der Waals surface area (Å²) in [6.45, 7) is 8.99. The van der Waals surface area contributed by atoms with Crippen LogP contribution in [0.1, 0.15) is 53.4 Å². The average molecular weight is 304 g/mol. The van der Waals surface area contributed by atoms with E-state index in [1.807, 2.05) is 32.6 Å². The number of hydrogen-bond donors (Lipinski definition) is 1. The Hall–Kier alpha value is -0.620. The molecule has 118 valence electrons. The van der Waals surface area contributed by atoms with Gasteiger partial charge in [-0.25, -0.2) is 13.1 Å². The quantitative estimate of drug-likeness (QED) is 0.841. The lowest BCUT2D eigenvalue weighted by atomic mass is 9.93. The average Bonchev–Trinajstić information content (AvgIpc) is 2.35. The van der Waals surface area contributed by atoms with Gasteiger partial charge in [-0.1, -0.05) is 34.1 Å². The van der Waals surface area contributed by atoms with Gasteiger partial charge in [0.15, 0.2) is 0 Å². The van der Waals surface area contributed by atoms with Crippen molar-refractivity contribution in [3.05, 3.63) is 0 Å². The molecule has 0 aromatic carbocycles. The Balaban J connectivity index is 2.45. The fourth-order valence-electron chi connectivity index (χ4n) is 2.32. The summed E-state index contributed by atoms with van der Waals surface area (Å²) in [6.07, 6.45) is 2.97. The van der Waals surface area contributed by atoms with Crippen molar-refractivity contribution < 1.29 is 13.2 Å². The zero-order valence-corrected chi connectivity index (χ0v) is 13.9. The number of hydrogen-bond acceptors (Lipinski definition) is 3. The molecule has 0 bridgehead atoms. The normalized spacial score (nSPS) is 18.3. The summed E-state index contributed by atoms with van der Waals surface area (Å²) in [6, 6.07) is -0.0270. The Morgan fingerprint density at radius 2 is 1.80 bits per heavy atom. The molecule has 0 spiro atoms. The Kier molecular flexibility index (Phi) is 6.01. The van der Waals surface area contributed by atoms with Crippen molar-refractivity contribution in [1.82, 2.24) is 9.62 Å². The molecule has 0 radical (unpaired) electrons. The van der Waals surface area contributed by atoms with Gasteiger partial charge in [-0.3, -0.25) is 4.79 Å². The molecule has 6 heteroatoms. The minimum Gasteiger partial charge on any atom is -0.342 e. The first-order chi connectivity index (χ1) is 9.15. The fraction of sp³-hybridized carbons (Fsp3) is 0.929. The SMILES string of the molecule is CCCCS(=O)(=O)NC1CCN(C(=O)C(C)(C)C)CC1. The minimum atomic E-state index is -3.16. The van der Waals surface area contributed by atoms with Crippen LogP contribution in [0.5, 0.6) is 0 Å². The van der Waals surface area contributed by atoms with Gasteiger partial charge in [-0.2, -0.15) is 0 Å². The number of nitrogens with zero attached hydrogens (tertiary/aromatic N) is 1. The first kappa shape index (κ1) is 17.4. The van der Waals surface area contributed by atoms with E-state index in [2.05, 4.69) is 4.72 Å². The zero-order valence-electron chi connectivity index (χ0n) is 13.1. The van der Waals surface area contributed by atoms with Gasteiger partial charge >= 0.3 is 0 Å². The molecule has 1 amide bonds. The topological polar surface area (TPSA) is 66.5 Å². The number of nitrogens with one attached hydrogen (secondary N) is 1. The highest BCUT2D eigenvalue weighted by Crippen LogP contribution is 2.21. The van der Waals surface area contributed by atoms with Crippen molar-refractivity contribution in [2.45, 2.75) is 59.4 Å². The third kappa shape index (κ3) is 5.40. The lowest BCUT2D eigenvalue weighted by Gasteiger charge is -2.35. The summed E-state index contributed by atoms with van der Waals surface area (Å²) in [5.74, 6) is 0.342. The number of carbonyl (C=O) groups excluding carboxylic acids is 1. The van der Waals surface area contributed by atoms with E-state index >= 15 is 0 Å². The Labute approximate surface area is 123 Å². The molecular weight excluding hydrogens is 276 g/mol. The van der Waals surface area contributed by atoms with Gasteiger partial charge in [-0.15, -0.1) is 0 Å². The van der Waals surface area contributed by atoms with Gasteiger partial charge in [0, 0.05) is 24.5 Å². The molecule has 20 heavy (non-hydrogen) atoms. The van der Waals surface area contributed by atoms with Crippen LogP contribution in [-0.4, -0.2) is 44.1 Å². The maximum atomic E-state index is 12.1. The molecule has 1 saturated heterocycles. The van der Waals surface area contributed by atoms with Crippen LogP contribution in [0, 0.1) is 5.41 Å². The van der Waals surface area contributed by atoms with Crippen LogP contribution in [0.3, 0.4) is 0 Å². The summed E-state index contributed by atoms with van der Waals surface area (Å²) in [5, 5.41) is 0. The standard InChI is InChI=1S/C14H28N2O3S/c1-5-6-11-20(18,19)15-12-7-9-16(10-8-12)13(17)14(2,3)4/h12,15H,5-11H2,1-4H3. The Morgan fingerprint density at radius 1 is 1.25 bits per heavy atom. The van der Waals surface area contributed by atoms with Crippen LogP contribution in [0.2, 0.25) is 0 Å². The lowest BCUT2D eigenvalue weighted by molar-refractivity contribution is -0.140. The van der Waals surface area contributed by atoms with Crippen molar-refractivity contribution in [3.63, 3.8) is 0 Å². The highest BCUT2D eigenvalue weighted by Gasteiger charge is 2.31. The molecule has 0 aliphatic carbocycles. The van der Waals surface area contributed by atoms with Crippen LogP contribution in [0.15, 0.2) is 0 Å². The van der Waals surface area contributed by atoms with Crippen LogP contribution in [-0.2, 0) is 14.8 Å². The predicted octanol–water partition coefficient (Wildman–Crippen LogP) is 1.74. The monoisotopic (exact) mass is 304 g/mol. The third-order valence-corrected chi connectivity index (χ3v) is 5.06. The van der Waals surface area contributed by atoms with Gasteiger partial charge in [0.05, 0.1) is 5.75 Å². The second-order valence-electron chi connectivity index (χ2n) is 6.61. The molecule has 0 saturated carbocycles. The maximum absolute atomic E-state index is 12.1. The second kappa shape index (κ2) is 6.89. The zero-order chi connectivity index (χ0) is 15.4. The van der Waals surface area contributed by atoms with Crippen LogP contribution < -0.4 is 4.72 Å². The molecule has 1 aliphatic rings. The molecule has 1 rings (SSSR count). The van der Waals surface area contributed by atoms with E-state index in [0.29, 0.717) is 32.4 Å². The smallest absolute Gasteiger partial charge is 0.227 e. The summed E-state index contributed by atoms with van der Waals surface area (Å²) in [7, 11) is -3.16. The molecule has 0 unspecified atom stereocenters. The van der Waals surface area contributed by atoms with E-state index in [1.165, 1.54) is 0 Å². The third-order valence-electron chi connectivity index (χ3n) is 3.54. The van der Waals surface area contributed by atoms with Gasteiger partial charge in [0.25, 0.3) is 0 Å². The van der Waals surface area contributed by atoms with Gasteiger partial charge in [0.1, 0.15) is 0 Å². The number of rotatable bonds is 5. The van der Waals surface area contributed by atoms with Crippen LogP contribution in [0.4, 0.5) is 0 Å². The van der Waals surface area contributed by atoms with E-state index in [9.17, 15) is 13.2 Å². The Bertz CT molecular complexity index is 418. The van der Waals surface area contributed by atoms with Gasteiger partial charge < -0.3 is 4.90 Å². The minimum absolute atomic E-state index is 0.0270. The Morgan fingerprint density at radius 3 is 2.25 bits per heavy atom.